The molecule has 0 spiro atoms. The van der Waals surface area contributed by atoms with Crippen LogP contribution in [0, 0.1) is 10.1 Å². The summed E-state index contributed by atoms with van der Waals surface area (Å²) in [5.41, 5.74) is 3.64. The van der Waals surface area contributed by atoms with Crippen LogP contribution >= 0.6 is 15.9 Å². The number of hydrogen-bond acceptors (Lipinski definition) is 4. The number of aromatic amines is 1. The molecule has 1 heterocycles. The number of aromatic nitrogens is 1. The Morgan fingerprint density at radius 2 is 1.74 bits per heavy atom. The van der Waals surface area contributed by atoms with Gasteiger partial charge < -0.3 is 14.5 Å². The lowest BCUT2D eigenvalue weighted by molar-refractivity contribution is -0.481. The number of nitrogens with one attached hydrogen (secondary N) is 1. The second kappa shape index (κ2) is 9.80. The molecule has 0 radical (unpaired) electrons. The quantitative estimate of drug-likeness (QED) is 0.172. The van der Waals surface area contributed by atoms with E-state index in [1.807, 2.05) is 66.9 Å². The summed E-state index contributed by atoms with van der Waals surface area (Å²) in [5, 5.41) is 14.9. The Kier molecular flexibility index (Phi) is 6.42. The highest BCUT2D eigenvalue weighted by molar-refractivity contribution is 9.10. The summed E-state index contributed by atoms with van der Waals surface area (Å²) in [5.74, 6) is 0.615. The summed E-state index contributed by atoms with van der Waals surface area (Å²) in [4.78, 5) is 14.6. The van der Waals surface area contributed by atoms with Crippen LogP contribution in [-0.2, 0) is 6.61 Å². The maximum absolute atomic E-state index is 11.6. The number of para-hydroxylation sites is 1. The molecule has 5 rings (SSSR count). The molecule has 7 heteroatoms. The smallest absolute Gasteiger partial charge is 0.214 e. The van der Waals surface area contributed by atoms with Gasteiger partial charge in [-0.15, -0.1) is 0 Å². The van der Waals surface area contributed by atoms with E-state index in [4.69, 9.17) is 9.47 Å². The Bertz CT molecular complexity index is 1520. The zero-order valence-electron chi connectivity index (χ0n) is 19.0. The van der Waals surface area contributed by atoms with Crippen LogP contribution in [0.2, 0.25) is 0 Å². The summed E-state index contributed by atoms with van der Waals surface area (Å²) in [7, 11) is 1.57. The van der Waals surface area contributed by atoms with E-state index in [0.717, 1.165) is 38.4 Å². The number of nitro groups is 1. The van der Waals surface area contributed by atoms with E-state index >= 15 is 0 Å². The standard InChI is InChI=1S/C28H23BrN2O4/c1-34-27-14-20(24(16-31(32)33)23-15-30-26-12-5-4-11-22(23)26)13-25(29)28(27)35-17-19-9-6-8-18-7-2-3-10-21(18)19/h2-15,24,30H,16-17H2,1H3/t24-/m0/s1. The number of nitrogens with zero attached hydrogens (tertiary/aromatic N) is 1. The second-order valence-electron chi connectivity index (χ2n) is 8.32. The molecule has 0 aliphatic rings. The van der Waals surface area contributed by atoms with Gasteiger partial charge in [-0.05, 0) is 61.6 Å². The van der Waals surface area contributed by atoms with Gasteiger partial charge in [-0.2, -0.15) is 0 Å². The minimum atomic E-state index is -0.460. The Hall–Kier alpha value is -3.84. The second-order valence-corrected chi connectivity index (χ2v) is 9.17. The predicted octanol–water partition coefficient (Wildman–Crippen LogP) is 7.08. The average Bonchev–Trinajstić information content (AvgIpc) is 3.30. The van der Waals surface area contributed by atoms with Gasteiger partial charge in [0, 0.05) is 22.0 Å². The number of ether oxygens (including phenoxy) is 2. The van der Waals surface area contributed by atoms with Crippen LogP contribution in [0.3, 0.4) is 0 Å². The van der Waals surface area contributed by atoms with Crippen molar-refractivity contribution in [2.45, 2.75) is 12.5 Å². The molecule has 0 saturated carbocycles. The SMILES string of the molecule is COc1cc([C@H](C[N+](=O)[O-])c2c[nH]c3ccccc23)cc(Br)c1OCc1cccc2ccccc12. The molecule has 5 aromatic rings. The van der Waals surface area contributed by atoms with Crippen molar-refractivity contribution in [3.05, 3.63) is 116 Å². The third-order valence-electron chi connectivity index (χ3n) is 6.23. The van der Waals surface area contributed by atoms with Crippen LogP contribution in [-0.4, -0.2) is 23.6 Å². The van der Waals surface area contributed by atoms with Gasteiger partial charge in [-0.3, -0.25) is 10.1 Å². The number of rotatable bonds is 8. The molecule has 1 aromatic heterocycles. The van der Waals surface area contributed by atoms with E-state index < -0.39 is 5.92 Å². The molecule has 0 aliphatic heterocycles. The lowest BCUT2D eigenvalue weighted by Gasteiger charge is -2.18. The Balaban J connectivity index is 1.51. The molecule has 0 fully saturated rings. The number of benzene rings is 4. The number of methoxy groups -OCH3 is 1. The first-order valence-corrected chi connectivity index (χ1v) is 12.0. The molecule has 0 saturated heterocycles. The van der Waals surface area contributed by atoms with Crippen molar-refractivity contribution in [2.75, 3.05) is 13.7 Å². The van der Waals surface area contributed by atoms with Gasteiger partial charge in [0.15, 0.2) is 11.5 Å². The van der Waals surface area contributed by atoms with Gasteiger partial charge in [0.1, 0.15) is 6.61 Å². The fourth-order valence-electron chi connectivity index (χ4n) is 4.56. The van der Waals surface area contributed by atoms with Gasteiger partial charge in [0.05, 0.1) is 17.5 Å². The molecule has 0 unspecified atom stereocenters. The minimum absolute atomic E-state index is 0.242. The Labute approximate surface area is 210 Å². The van der Waals surface area contributed by atoms with E-state index in [1.54, 1.807) is 7.11 Å². The van der Waals surface area contributed by atoms with E-state index in [2.05, 4.69) is 39.1 Å². The summed E-state index contributed by atoms with van der Waals surface area (Å²) < 4.78 is 12.6. The molecule has 0 aliphatic carbocycles. The first kappa shape index (κ1) is 22.9. The minimum Gasteiger partial charge on any atom is -0.493 e. The van der Waals surface area contributed by atoms with Gasteiger partial charge >= 0.3 is 0 Å². The third kappa shape index (κ3) is 4.59. The van der Waals surface area contributed by atoms with Crippen molar-refractivity contribution in [2.24, 2.45) is 0 Å². The largest absolute Gasteiger partial charge is 0.493 e. The third-order valence-corrected chi connectivity index (χ3v) is 6.82. The molecule has 1 N–H and O–H groups in total. The van der Waals surface area contributed by atoms with E-state index in [9.17, 15) is 10.1 Å². The van der Waals surface area contributed by atoms with Crippen molar-refractivity contribution < 1.29 is 14.4 Å². The van der Waals surface area contributed by atoms with Crippen molar-refractivity contribution in [3.63, 3.8) is 0 Å². The fourth-order valence-corrected chi connectivity index (χ4v) is 5.14. The van der Waals surface area contributed by atoms with Gasteiger partial charge in [0.25, 0.3) is 0 Å². The molecule has 4 aromatic carbocycles. The Morgan fingerprint density at radius 1 is 1.00 bits per heavy atom. The van der Waals surface area contributed by atoms with E-state index in [-0.39, 0.29) is 11.5 Å². The van der Waals surface area contributed by atoms with Crippen LogP contribution in [0.1, 0.15) is 22.6 Å². The number of fused-ring (bicyclic) bond motifs is 2. The van der Waals surface area contributed by atoms with Crippen LogP contribution in [0.15, 0.2) is 89.5 Å². The van der Waals surface area contributed by atoms with Gasteiger partial charge in [-0.25, -0.2) is 0 Å². The van der Waals surface area contributed by atoms with Crippen LogP contribution in [0.4, 0.5) is 0 Å². The van der Waals surface area contributed by atoms with Gasteiger partial charge in [-0.1, -0.05) is 60.7 Å². The highest BCUT2D eigenvalue weighted by atomic mass is 79.9. The van der Waals surface area contributed by atoms with E-state index in [1.165, 1.54) is 0 Å². The lowest BCUT2D eigenvalue weighted by atomic mass is 9.90. The molecular weight excluding hydrogens is 508 g/mol. The normalized spacial score (nSPS) is 12.1. The molecule has 1 atom stereocenters. The first-order chi connectivity index (χ1) is 17.0. The predicted molar refractivity (Wildman–Crippen MR) is 141 cm³/mol. The molecule has 176 valence electrons. The topological polar surface area (TPSA) is 77.4 Å². The highest BCUT2D eigenvalue weighted by Crippen LogP contribution is 2.41. The average molecular weight is 531 g/mol. The summed E-state index contributed by atoms with van der Waals surface area (Å²) >= 11 is 3.63. The summed E-state index contributed by atoms with van der Waals surface area (Å²) in [6.07, 6.45) is 1.85. The van der Waals surface area contributed by atoms with Crippen molar-refractivity contribution in [3.8, 4) is 11.5 Å². The molecule has 0 amide bonds. The summed E-state index contributed by atoms with van der Waals surface area (Å²) in [6, 6.07) is 25.8. The summed E-state index contributed by atoms with van der Waals surface area (Å²) in [6.45, 7) is 0.115. The Morgan fingerprint density at radius 3 is 2.54 bits per heavy atom. The molecule has 35 heavy (non-hydrogen) atoms. The monoisotopic (exact) mass is 530 g/mol. The van der Waals surface area contributed by atoms with Crippen LogP contribution < -0.4 is 9.47 Å². The zero-order chi connectivity index (χ0) is 24.4. The maximum atomic E-state index is 11.6. The molecule has 6 nitrogen and oxygen atoms in total. The fraction of sp³-hybridized carbons (Fsp3) is 0.143. The first-order valence-electron chi connectivity index (χ1n) is 11.2. The van der Waals surface area contributed by atoms with Gasteiger partial charge in [0.2, 0.25) is 6.54 Å². The van der Waals surface area contributed by atoms with Crippen molar-refractivity contribution in [1.82, 2.24) is 4.98 Å². The maximum Gasteiger partial charge on any atom is 0.214 e. The molecular formula is C28H23BrN2O4. The highest BCUT2D eigenvalue weighted by Gasteiger charge is 2.26. The zero-order valence-corrected chi connectivity index (χ0v) is 20.6. The number of H-pyrrole nitrogens is 1. The lowest BCUT2D eigenvalue weighted by Crippen LogP contribution is -2.14. The van der Waals surface area contributed by atoms with Crippen LogP contribution in [0.25, 0.3) is 21.7 Å². The van der Waals surface area contributed by atoms with Crippen molar-refractivity contribution >= 4 is 37.6 Å². The number of hydrogen-bond donors (Lipinski definition) is 1. The molecule has 0 bridgehead atoms. The number of halogens is 1. The van der Waals surface area contributed by atoms with Crippen LogP contribution in [0.5, 0.6) is 11.5 Å². The van der Waals surface area contributed by atoms with E-state index in [0.29, 0.717) is 22.6 Å². The van der Waals surface area contributed by atoms with Crippen molar-refractivity contribution in [1.29, 1.82) is 0 Å².